The molecule has 4 rings (SSSR count). The lowest BCUT2D eigenvalue weighted by Crippen LogP contribution is -2.19. The van der Waals surface area contributed by atoms with E-state index in [1.54, 1.807) is 24.3 Å². The van der Waals surface area contributed by atoms with Gasteiger partial charge in [0.05, 0.1) is 17.5 Å². The maximum atomic E-state index is 12.7. The zero-order valence-electron chi connectivity index (χ0n) is 18.7. The Hall–Kier alpha value is -2.91. The summed E-state index contributed by atoms with van der Waals surface area (Å²) in [6.07, 6.45) is 3.03. The molecule has 178 valence electrons. The first-order valence-corrected chi connectivity index (χ1v) is 13.1. The smallest absolute Gasteiger partial charge is 0.387 e. The predicted octanol–water partition coefficient (Wildman–Crippen LogP) is 6.69. The Bertz CT molecular complexity index is 1470. The fraction of sp³-hybridized carbons (Fsp3) is 0.200. The highest BCUT2D eigenvalue weighted by molar-refractivity contribution is 9.10. The highest BCUT2D eigenvalue weighted by Crippen LogP contribution is 2.37. The number of alkyl halides is 2. The summed E-state index contributed by atoms with van der Waals surface area (Å²) in [6, 6.07) is 20.0. The van der Waals surface area contributed by atoms with Crippen LogP contribution in [0.2, 0.25) is 0 Å². The van der Waals surface area contributed by atoms with Crippen molar-refractivity contribution in [3.8, 4) is 11.4 Å². The summed E-state index contributed by atoms with van der Waals surface area (Å²) in [6.45, 7) is 1.14. The molecule has 0 saturated carbocycles. The van der Waals surface area contributed by atoms with Crippen LogP contribution < -0.4 is 9.46 Å². The molecule has 0 aliphatic rings. The van der Waals surface area contributed by atoms with Gasteiger partial charge in [0.2, 0.25) is 10.0 Å². The fourth-order valence-electron chi connectivity index (χ4n) is 3.93. The van der Waals surface area contributed by atoms with Crippen molar-refractivity contribution in [2.45, 2.75) is 25.9 Å². The van der Waals surface area contributed by atoms with Gasteiger partial charge in [0.15, 0.2) is 0 Å². The van der Waals surface area contributed by atoms with Crippen LogP contribution in [0.3, 0.4) is 0 Å². The fourth-order valence-corrected chi connectivity index (χ4v) is 4.97. The van der Waals surface area contributed by atoms with Crippen molar-refractivity contribution in [3.05, 3.63) is 88.5 Å². The van der Waals surface area contributed by atoms with E-state index in [4.69, 9.17) is 0 Å². The summed E-state index contributed by atoms with van der Waals surface area (Å²) in [5, 5.41) is 0.955. The molecule has 34 heavy (non-hydrogen) atoms. The normalized spacial score (nSPS) is 12.3. The summed E-state index contributed by atoms with van der Waals surface area (Å²) in [5.41, 5.74) is 3.43. The quantitative estimate of drug-likeness (QED) is 0.280. The number of aromatic nitrogens is 1. The third kappa shape index (κ3) is 5.26. The molecule has 1 heterocycles. The first-order valence-electron chi connectivity index (χ1n) is 10.4. The third-order valence-corrected chi connectivity index (χ3v) is 6.72. The first kappa shape index (κ1) is 24.2. The number of rotatable bonds is 7. The van der Waals surface area contributed by atoms with Crippen molar-refractivity contribution in [1.29, 1.82) is 0 Å². The maximum absolute atomic E-state index is 12.7. The van der Waals surface area contributed by atoms with E-state index in [1.807, 2.05) is 61.0 Å². The van der Waals surface area contributed by atoms with Crippen LogP contribution in [0.15, 0.2) is 77.4 Å². The van der Waals surface area contributed by atoms with E-state index in [2.05, 4.69) is 25.4 Å². The Balaban J connectivity index is 1.78. The van der Waals surface area contributed by atoms with E-state index in [-0.39, 0.29) is 5.75 Å². The number of benzene rings is 3. The second-order valence-corrected chi connectivity index (χ2v) is 11.2. The minimum Gasteiger partial charge on any atom is -0.435 e. The topological polar surface area (TPSA) is 60.3 Å². The number of ether oxygens (including phenoxy) is 1. The molecule has 0 aliphatic heterocycles. The van der Waals surface area contributed by atoms with Gasteiger partial charge in [0, 0.05) is 27.2 Å². The van der Waals surface area contributed by atoms with Gasteiger partial charge in [-0.2, -0.15) is 8.78 Å². The van der Waals surface area contributed by atoms with Crippen molar-refractivity contribution >= 4 is 42.5 Å². The van der Waals surface area contributed by atoms with Gasteiger partial charge in [0.25, 0.3) is 0 Å². The molecule has 1 N–H and O–H groups in total. The van der Waals surface area contributed by atoms with Crippen molar-refractivity contribution in [2.75, 3.05) is 11.0 Å². The van der Waals surface area contributed by atoms with E-state index in [0.29, 0.717) is 5.69 Å². The van der Waals surface area contributed by atoms with E-state index in [1.165, 1.54) is 6.07 Å². The molecule has 1 aromatic heterocycles. The highest BCUT2D eigenvalue weighted by atomic mass is 79.9. The summed E-state index contributed by atoms with van der Waals surface area (Å²) >= 11 is 3.60. The number of fused-ring (bicyclic) bond motifs is 1. The van der Waals surface area contributed by atoms with Crippen molar-refractivity contribution in [2.24, 2.45) is 0 Å². The van der Waals surface area contributed by atoms with Crippen LogP contribution in [0.4, 0.5) is 14.5 Å². The summed E-state index contributed by atoms with van der Waals surface area (Å²) in [4.78, 5) is 0. The van der Waals surface area contributed by atoms with Gasteiger partial charge in [-0.1, -0.05) is 48.0 Å². The molecule has 0 radical (unpaired) electrons. The molecule has 5 nitrogen and oxygen atoms in total. The van der Waals surface area contributed by atoms with Crippen LogP contribution in [-0.2, 0) is 15.4 Å². The van der Waals surface area contributed by atoms with Gasteiger partial charge in [-0.3, -0.25) is 4.72 Å². The third-order valence-electron chi connectivity index (χ3n) is 5.66. The Morgan fingerprint density at radius 1 is 1.00 bits per heavy atom. The summed E-state index contributed by atoms with van der Waals surface area (Å²) < 4.78 is 58.7. The largest absolute Gasteiger partial charge is 0.435 e. The summed E-state index contributed by atoms with van der Waals surface area (Å²) in [5.74, 6) is 0.109. The van der Waals surface area contributed by atoms with E-state index in [0.717, 1.165) is 38.4 Å². The number of hydrogen-bond donors (Lipinski definition) is 1. The number of nitrogens with zero attached hydrogens (tertiary/aromatic N) is 1. The Labute approximate surface area is 205 Å². The molecule has 0 atom stereocenters. The molecule has 0 unspecified atom stereocenters. The van der Waals surface area contributed by atoms with Crippen LogP contribution >= 0.6 is 15.9 Å². The zero-order chi connectivity index (χ0) is 24.7. The van der Waals surface area contributed by atoms with Crippen molar-refractivity contribution < 1.29 is 21.9 Å². The van der Waals surface area contributed by atoms with Crippen molar-refractivity contribution in [3.63, 3.8) is 0 Å². The Morgan fingerprint density at radius 3 is 2.47 bits per heavy atom. The van der Waals surface area contributed by atoms with Crippen LogP contribution in [0.1, 0.15) is 25.0 Å². The zero-order valence-corrected chi connectivity index (χ0v) is 21.1. The lowest BCUT2D eigenvalue weighted by molar-refractivity contribution is -0.0499. The number of sulfonamides is 1. The van der Waals surface area contributed by atoms with Gasteiger partial charge in [-0.05, 0) is 59.7 Å². The molecular formula is C25H23BrF2N2O3S. The molecule has 4 aromatic rings. The van der Waals surface area contributed by atoms with Crippen LogP contribution in [0.25, 0.3) is 16.6 Å². The van der Waals surface area contributed by atoms with E-state index < -0.39 is 22.0 Å². The van der Waals surface area contributed by atoms with Gasteiger partial charge >= 0.3 is 6.61 Å². The molecular weight excluding hydrogens is 526 g/mol. The van der Waals surface area contributed by atoms with Crippen molar-refractivity contribution in [1.82, 2.24) is 4.57 Å². The molecule has 0 aliphatic carbocycles. The number of nitrogens with one attached hydrogen (secondary N) is 1. The summed E-state index contributed by atoms with van der Waals surface area (Å²) in [7, 11) is -3.40. The SMILES string of the molecule is CC(C)(c1cccc(OC(F)F)c1)c1cc(Br)cc(-n2ccc3ccc(NS(C)(=O)=O)cc32)c1. The molecule has 0 saturated heterocycles. The lowest BCUT2D eigenvalue weighted by atomic mass is 9.78. The van der Waals surface area contributed by atoms with Gasteiger partial charge in [-0.15, -0.1) is 0 Å². The molecule has 9 heteroatoms. The number of hydrogen-bond acceptors (Lipinski definition) is 3. The van der Waals surface area contributed by atoms with Gasteiger partial charge in [0.1, 0.15) is 5.75 Å². The lowest BCUT2D eigenvalue weighted by Gasteiger charge is -2.27. The second-order valence-electron chi connectivity index (χ2n) is 8.56. The number of halogens is 3. The molecule has 3 aromatic carbocycles. The van der Waals surface area contributed by atoms with Gasteiger partial charge < -0.3 is 9.30 Å². The predicted molar refractivity (Wildman–Crippen MR) is 135 cm³/mol. The Kier molecular flexibility index (Phi) is 6.44. The van der Waals surface area contributed by atoms with Crippen LogP contribution in [-0.4, -0.2) is 25.9 Å². The standard InChI is InChI=1S/C25H23BrF2N2O3S/c1-25(2,17-5-4-6-22(13-17)33-24(27)28)18-11-19(26)14-21(12-18)30-10-9-16-7-8-20(15-23(16)30)29-34(3,31)32/h4-15,24,29H,1-3H3. The molecule has 0 bridgehead atoms. The maximum Gasteiger partial charge on any atom is 0.387 e. The Morgan fingerprint density at radius 2 is 1.76 bits per heavy atom. The first-order chi connectivity index (χ1) is 15.9. The number of anilines is 1. The van der Waals surface area contributed by atoms with Crippen LogP contribution in [0.5, 0.6) is 5.75 Å². The van der Waals surface area contributed by atoms with E-state index in [9.17, 15) is 17.2 Å². The second kappa shape index (κ2) is 9.03. The van der Waals surface area contributed by atoms with Crippen LogP contribution in [0, 0.1) is 0 Å². The average Bonchev–Trinajstić information content (AvgIpc) is 3.15. The minimum atomic E-state index is -3.40. The average molecular weight is 549 g/mol. The minimum absolute atomic E-state index is 0.109. The van der Waals surface area contributed by atoms with Gasteiger partial charge in [-0.25, -0.2) is 8.42 Å². The van der Waals surface area contributed by atoms with E-state index >= 15 is 0 Å². The molecule has 0 fully saturated rings. The molecule has 0 spiro atoms. The highest BCUT2D eigenvalue weighted by Gasteiger charge is 2.25. The monoisotopic (exact) mass is 548 g/mol. The molecule has 0 amide bonds.